The van der Waals surface area contributed by atoms with Crippen molar-refractivity contribution in [3.63, 3.8) is 0 Å². The van der Waals surface area contributed by atoms with Gasteiger partial charge in [-0.1, -0.05) is 12.1 Å². The highest BCUT2D eigenvalue weighted by Crippen LogP contribution is 2.20. The van der Waals surface area contributed by atoms with E-state index >= 15 is 0 Å². The molecule has 2 N–H and O–H groups in total. The minimum absolute atomic E-state index is 0.219. The van der Waals surface area contributed by atoms with Crippen LogP contribution in [0.4, 0.5) is 10.8 Å². The van der Waals surface area contributed by atoms with Gasteiger partial charge in [-0.25, -0.2) is 4.98 Å². The van der Waals surface area contributed by atoms with Gasteiger partial charge < -0.3 is 15.2 Å². The maximum absolute atomic E-state index is 8.86. The topological polar surface area (TPSA) is 67.3 Å². The fraction of sp³-hybridized carbons (Fsp3) is 0.429. The Hall–Kier alpha value is -1.50. The van der Waals surface area contributed by atoms with E-state index < -0.39 is 0 Å². The molecule has 2 aromatic rings. The number of aryl methyl sites for hydroxylation is 1. The number of rotatable bonds is 8. The third-order valence-corrected chi connectivity index (χ3v) is 3.47. The first kappa shape index (κ1) is 14.9. The van der Waals surface area contributed by atoms with Gasteiger partial charge >= 0.3 is 0 Å². The monoisotopic (exact) mass is 293 g/mol. The Morgan fingerprint density at radius 2 is 2.25 bits per heavy atom. The molecule has 20 heavy (non-hydrogen) atoms. The molecule has 0 aliphatic carbocycles. The van der Waals surface area contributed by atoms with E-state index in [9.17, 15) is 0 Å². The maximum atomic E-state index is 8.86. The molecule has 0 aliphatic rings. The predicted molar refractivity (Wildman–Crippen MR) is 80.6 cm³/mol. The lowest BCUT2D eigenvalue weighted by atomic mass is 10.1. The molecule has 1 aromatic heterocycles. The molecule has 2 rings (SSSR count). The summed E-state index contributed by atoms with van der Waals surface area (Å²) >= 11 is 1.35. The summed E-state index contributed by atoms with van der Waals surface area (Å²) in [6.07, 6.45) is 2.38. The van der Waals surface area contributed by atoms with Gasteiger partial charge in [0.05, 0.1) is 6.61 Å². The van der Waals surface area contributed by atoms with Crippen molar-refractivity contribution in [2.75, 3.05) is 25.6 Å². The van der Waals surface area contributed by atoms with Gasteiger partial charge in [-0.15, -0.1) is 0 Å². The van der Waals surface area contributed by atoms with E-state index in [1.54, 1.807) is 7.11 Å². The Labute approximate surface area is 122 Å². The van der Waals surface area contributed by atoms with Crippen molar-refractivity contribution in [3.8, 4) is 0 Å². The number of nitrogens with zero attached hydrogens (tertiary/aromatic N) is 2. The molecule has 0 bridgehead atoms. The minimum atomic E-state index is 0.219. The molecule has 0 atom stereocenters. The minimum Gasteiger partial charge on any atom is -0.396 e. The summed E-state index contributed by atoms with van der Waals surface area (Å²) in [7, 11) is 1.67. The molecular weight excluding hydrogens is 274 g/mol. The summed E-state index contributed by atoms with van der Waals surface area (Å²) < 4.78 is 9.29. The quantitative estimate of drug-likeness (QED) is 0.782. The van der Waals surface area contributed by atoms with Crippen molar-refractivity contribution >= 4 is 22.4 Å². The Morgan fingerprint density at radius 3 is 3.05 bits per heavy atom. The van der Waals surface area contributed by atoms with E-state index in [0.717, 1.165) is 35.9 Å². The van der Waals surface area contributed by atoms with Crippen molar-refractivity contribution in [2.45, 2.75) is 19.3 Å². The number of hydrogen-bond donors (Lipinski definition) is 2. The van der Waals surface area contributed by atoms with Crippen LogP contribution >= 0.6 is 11.5 Å². The molecule has 0 amide bonds. The number of anilines is 2. The van der Waals surface area contributed by atoms with Crippen LogP contribution in [0, 0.1) is 0 Å². The molecule has 0 saturated carbocycles. The molecule has 6 heteroatoms. The van der Waals surface area contributed by atoms with Crippen LogP contribution in [-0.4, -0.2) is 34.8 Å². The normalized spacial score (nSPS) is 10.7. The van der Waals surface area contributed by atoms with Crippen LogP contribution in [0.25, 0.3) is 0 Å². The molecule has 0 unspecified atom stereocenters. The zero-order valence-electron chi connectivity index (χ0n) is 11.5. The lowest BCUT2D eigenvalue weighted by molar-refractivity contribution is 0.201. The van der Waals surface area contributed by atoms with E-state index in [-0.39, 0.29) is 6.61 Å². The number of aromatic nitrogens is 2. The van der Waals surface area contributed by atoms with Crippen LogP contribution in [-0.2, 0) is 17.6 Å². The highest BCUT2D eigenvalue weighted by atomic mass is 32.1. The third kappa shape index (κ3) is 4.56. The molecule has 0 saturated heterocycles. The SMILES string of the molecule is COCCc1nsc(Nc2cccc(CCCO)c2)n1. The number of aliphatic hydroxyl groups is 1. The summed E-state index contributed by atoms with van der Waals surface area (Å²) in [5, 5.41) is 12.9. The van der Waals surface area contributed by atoms with E-state index in [2.05, 4.69) is 26.8 Å². The van der Waals surface area contributed by atoms with Crippen molar-refractivity contribution < 1.29 is 9.84 Å². The van der Waals surface area contributed by atoms with Gasteiger partial charge in [0.25, 0.3) is 0 Å². The van der Waals surface area contributed by atoms with E-state index in [1.165, 1.54) is 17.1 Å². The molecule has 108 valence electrons. The third-order valence-electron chi connectivity index (χ3n) is 2.80. The number of benzene rings is 1. The lowest BCUT2D eigenvalue weighted by Gasteiger charge is -2.05. The van der Waals surface area contributed by atoms with Crippen LogP contribution in [0.5, 0.6) is 0 Å². The summed E-state index contributed by atoms with van der Waals surface area (Å²) in [6, 6.07) is 8.14. The smallest absolute Gasteiger partial charge is 0.207 e. The predicted octanol–water partition coefficient (Wildman–Crippen LogP) is 2.40. The first-order valence-corrected chi connectivity index (χ1v) is 7.37. The Bertz CT molecular complexity index is 531. The van der Waals surface area contributed by atoms with Gasteiger partial charge in [0.1, 0.15) is 5.82 Å². The molecule has 0 aliphatic heterocycles. The van der Waals surface area contributed by atoms with E-state index in [1.807, 2.05) is 12.1 Å². The second-order valence-electron chi connectivity index (χ2n) is 4.41. The van der Waals surface area contributed by atoms with Crippen LogP contribution in [0.2, 0.25) is 0 Å². The van der Waals surface area contributed by atoms with Crippen LogP contribution in [0.1, 0.15) is 17.8 Å². The van der Waals surface area contributed by atoms with E-state index in [4.69, 9.17) is 9.84 Å². The van der Waals surface area contributed by atoms with Gasteiger partial charge in [0.15, 0.2) is 0 Å². The zero-order valence-corrected chi connectivity index (χ0v) is 12.3. The summed E-state index contributed by atoms with van der Waals surface area (Å²) in [5.74, 6) is 0.802. The standard InChI is InChI=1S/C14H19N3O2S/c1-19-9-7-13-16-14(20-17-13)15-12-6-2-4-11(10-12)5-3-8-18/h2,4,6,10,18H,3,5,7-9H2,1H3,(H,15,16,17). The molecule has 5 nitrogen and oxygen atoms in total. The van der Waals surface area contributed by atoms with E-state index in [0.29, 0.717) is 6.61 Å². The largest absolute Gasteiger partial charge is 0.396 e. The second kappa shape index (κ2) is 7.94. The summed E-state index contributed by atoms with van der Waals surface area (Å²) in [5.41, 5.74) is 2.20. The van der Waals surface area contributed by atoms with Crippen LogP contribution in [0.3, 0.4) is 0 Å². The Morgan fingerprint density at radius 1 is 1.35 bits per heavy atom. The first-order chi connectivity index (χ1) is 9.81. The van der Waals surface area contributed by atoms with Gasteiger partial charge in [-0.3, -0.25) is 0 Å². The number of methoxy groups -OCH3 is 1. The van der Waals surface area contributed by atoms with Crippen molar-refractivity contribution in [2.24, 2.45) is 0 Å². The molecule has 0 spiro atoms. The van der Waals surface area contributed by atoms with Gasteiger partial charge in [-0.2, -0.15) is 4.37 Å². The van der Waals surface area contributed by atoms with Crippen LogP contribution in [0.15, 0.2) is 24.3 Å². The molecule has 1 aromatic carbocycles. The molecular formula is C14H19N3O2S. The average molecular weight is 293 g/mol. The molecule has 0 fully saturated rings. The number of hydrogen-bond acceptors (Lipinski definition) is 6. The molecule has 1 heterocycles. The van der Waals surface area contributed by atoms with Crippen molar-refractivity contribution in [1.29, 1.82) is 0 Å². The summed E-state index contributed by atoms with van der Waals surface area (Å²) in [4.78, 5) is 4.41. The number of ether oxygens (including phenoxy) is 1. The number of aliphatic hydroxyl groups excluding tert-OH is 1. The fourth-order valence-electron chi connectivity index (χ4n) is 1.81. The Balaban J connectivity index is 1.96. The van der Waals surface area contributed by atoms with Gasteiger partial charge in [0.2, 0.25) is 5.13 Å². The lowest BCUT2D eigenvalue weighted by Crippen LogP contribution is -1.97. The fourth-order valence-corrected chi connectivity index (χ4v) is 2.44. The van der Waals surface area contributed by atoms with Gasteiger partial charge in [-0.05, 0) is 30.5 Å². The van der Waals surface area contributed by atoms with Crippen molar-refractivity contribution in [3.05, 3.63) is 35.7 Å². The van der Waals surface area contributed by atoms with Crippen LogP contribution < -0.4 is 5.32 Å². The average Bonchev–Trinajstić information content (AvgIpc) is 2.91. The Kier molecular flexibility index (Phi) is 5.91. The van der Waals surface area contributed by atoms with Gasteiger partial charge in [0, 0.05) is 37.4 Å². The highest BCUT2D eigenvalue weighted by molar-refractivity contribution is 7.09. The number of nitrogens with one attached hydrogen (secondary N) is 1. The second-order valence-corrected chi connectivity index (χ2v) is 5.16. The summed E-state index contributed by atoms with van der Waals surface area (Å²) in [6.45, 7) is 0.851. The van der Waals surface area contributed by atoms with Crippen molar-refractivity contribution in [1.82, 2.24) is 9.36 Å². The first-order valence-electron chi connectivity index (χ1n) is 6.60. The maximum Gasteiger partial charge on any atom is 0.207 e. The molecule has 0 radical (unpaired) electrons. The zero-order chi connectivity index (χ0) is 14.2. The highest BCUT2D eigenvalue weighted by Gasteiger charge is 2.04.